The van der Waals surface area contributed by atoms with Crippen LogP contribution in [0.5, 0.6) is 5.75 Å². The summed E-state index contributed by atoms with van der Waals surface area (Å²) < 4.78 is 19.1. The summed E-state index contributed by atoms with van der Waals surface area (Å²) in [7, 11) is 0. The maximum Gasteiger partial charge on any atom is 0.251 e. The van der Waals surface area contributed by atoms with Gasteiger partial charge in [0.1, 0.15) is 12.4 Å². The van der Waals surface area contributed by atoms with Gasteiger partial charge in [-0.25, -0.2) is 4.39 Å². The molecular weight excluding hydrogens is 397 g/mol. The predicted octanol–water partition coefficient (Wildman–Crippen LogP) is 4.92. The Morgan fingerprint density at radius 1 is 1.10 bits per heavy atom. The first-order valence-electron chi connectivity index (χ1n) is 10.2. The Bertz CT molecular complexity index is 1020. The van der Waals surface area contributed by atoms with Gasteiger partial charge in [0.25, 0.3) is 5.91 Å². The maximum absolute atomic E-state index is 13.5. The zero-order chi connectivity index (χ0) is 22.6. The highest BCUT2D eigenvalue weighted by Gasteiger charge is 2.32. The summed E-state index contributed by atoms with van der Waals surface area (Å²) in [6.45, 7) is 5.65. The van der Waals surface area contributed by atoms with Crippen molar-refractivity contribution < 1.29 is 23.5 Å². The lowest BCUT2D eigenvalue weighted by molar-refractivity contribution is 0.0821. The Morgan fingerprint density at radius 3 is 2.35 bits per heavy atom. The second-order valence-corrected chi connectivity index (χ2v) is 8.72. The van der Waals surface area contributed by atoms with Crippen LogP contribution in [-0.2, 0) is 0 Å². The van der Waals surface area contributed by atoms with Crippen molar-refractivity contribution in [3.05, 3.63) is 77.1 Å². The van der Waals surface area contributed by atoms with Crippen LogP contribution in [0.1, 0.15) is 64.7 Å². The first-order chi connectivity index (χ1) is 14.7. The van der Waals surface area contributed by atoms with Crippen LogP contribution < -0.4 is 10.1 Å². The fourth-order valence-corrected chi connectivity index (χ4v) is 3.50. The van der Waals surface area contributed by atoms with Gasteiger partial charge in [0.15, 0.2) is 11.6 Å². The summed E-state index contributed by atoms with van der Waals surface area (Å²) >= 11 is 0. The van der Waals surface area contributed by atoms with Gasteiger partial charge in [0, 0.05) is 34.6 Å². The molecule has 5 nitrogen and oxygen atoms in total. The Balaban J connectivity index is 1.60. The number of nitrogens with one attached hydrogen (secondary N) is 1. The topological polar surface area (TPSA) is 72.5 Å². The third kappa shape index (κ3) is 5.66. The monoisotopic (exact) mass is 423 g/mol. The van der Waals surface area contributed by atoms with Crippen LogP contribution in [0.4, 0.5) is 4.39 Å². The standard InChI is InChI=1S/C25H26FNO4/c1-25(2,3)27-24(30)17-8-10-19(11-9-17)31-15-16(14-26)12-18-13-22(28)20-6-4-5-7-21(20)23(18)29/h4-11,14,18H,12-13,15H2,1-3H3,(H,27,30)/b16-14+. The van der Waals surface area contributed by atoms with E-state index in [1.54, 1.807) is 48.5 Å². The van der Waals surface area contributed by atoms with Gasteiger partial charge in [-0.3, -0.25) is 14.4 Å². The third-order valence-corrected chi connectivity index (χ3v) is 4.99. The molecule has 0 radical (unpaired) electrons. The molecule has 0 heterocycles. The minimum Gasteiger partial charge on any atom is -0.489 e. The van der Waals surface area contributed by atoms with Crippen LogP contribution >= 0.6 is 0 Å². The Labute approximate surface area is 181 Å². The Kier molecular flexibility index (Phi) is 6.68. The summed E-state index contributed by atoms with van der Waals surface area (Å²) in [4.78, 5) is 37.2. The summed E-state index contributed by atoms with van der Waals surface area (Å²) in [6.07, 6.45) is 0.607. The summed E-state index contributed by atoms with van der Waals surface area (Å²) in [5, 5.41) is 2.88. The molecule has 1 N–H and O–H groups in total. The number of benzene rings is 2. The number of halogens is 1. The number of fused-ring (bicyclic) bond motifs is 1. The van der Waals surface area contributed by atoms with Gasteiger partial charge >= 0.3 is 0 Å². The zero-order valence-electron chi connectivity index (χ0n) is 17.9. The van der Waals surface area contributed by atoms with Crippen LogP contribution in [0.3, 0.4) is 0 Å². The fourth-order valence-electron chi connectivity index (χ4n) is 3.50. The van der Waals surface area contributed by atoms with Crippen molar-refractivity contribution >= 4 is 17.5 Å². The molecule has 0 aliphatic heterocycles. The van der Waals surface area contributed by atoms with Crippen LogP contribution in [0.15, 0.2) is 60.4 Å². The highest BCUT2D eigenvalue weighted by Crippen LogP contribution is 2.30. The number of ketones is 2. The van der Waals surface area contributed by atoms with Crippen molar-refractivity contribution in [1.82, 2.24) is 5.32 Å². The quantitative estimate of drug-likeness (QED) is 0.716. The van der Waals surface area contributed by atoms with Gasteiger partial charge in [0.05, 0.1) is 6.33 Å². The molecule has 2 aromatic carbocycles. The van der Waals surface area contributed by atoms with Crippen molar-refractivity contribution in [2.75, 3.05) is 6.61 Å². The normalized spacial score (nSPS) is 16.6. The van der Waals surface area contributed by atoms with Gasteiger partial charge in [-0.05, 0) is 57.0 Å². The van der Waals surface area contributed by atoms with Gasteiger partial charge in [-0.1, -0.05) is 24.3 Å². The van der Waals surface area contributed by atoms with Gasteiger partial charge in [-0.15, -0.1) is 0 Å². The van der Waals surface area contributed by atoms with E-state index in [4.69, 9.17) is 4.74 Å². The summed E-state index contributed by atoms with van der Waals surface area (Å²) in [5.41, 5.74) is 1.27. The number of Topliss-reactive ketones (excluding diaryl/α,β-unsaturated/α-hetero) is 2. The average Bonchev–Trinajstić information content (AvgIpc) is 2.73. The minimum absolute atomic E-state index is 0.0519. The fraction of sp³-hybridized carbons (Fsp3) is 0.320. The molecule has 1 amide bonds. The molecule has 1 aliphatic carbocycles. The van der Waals surface area contributed by atoms with E-state index in [2.05, 4.69) is 5.32 Å². The predicted molar refractivity (Wildman–Crippen MR) is 116 cm³/mol. The molecule has 162 valence electrons. The first-order valence-corrected chi connectivity index (χ1v) is 10.2. The largest absolute Gasteiger partial charge is 0.489 e. The van der Waals surface area contributed by atoms with Crippen molar-refractivity contribution in [1.29, 1.82) is 0 Å². The molecule has 1 aliphatic rings. The van der Waals surface area contributed by atoms with E-state index in [0.717, 1.165) is 0 Å². The van der Waals surface area contributed by atoms with Crippen LogP contribution in [0, 0.1) is 5.92 Å². The van der Waals surface area contributed by atoms with E-state index < -0.39 is 5.92 Å². The molecule has 6 heteroatoms. The minimum atomic E-state index is -0.600. The van der Waals surface area contributed by atoms with Crippen LogP contribution in [0.25, 0.3) is 0 Å². The van der Waals surface area contributed by atoms with E-state index in [1.165, 1.54) is 0 Å². The molecule has 1 atom stereocenters. The smallest absolute Gasteiger partial charge is 0.251 e. The number of carbonyl (C=O) groups excluding carboxylic acids is 3. The van der Waals surface area contributed by atoms with E-state index in [-0.39, 0.29) is 42.5 Å². The lowest BCUT2D eigenvalue weighted by Crippen LogP contribution is -2.40. The molecule has 3 rings (SSSR count). The van der Waals surface area contributed by atoms with Gasteiger partial charge in [-0.2, -0.15) is 0 Å². The van der Waals surface area contributed by atoms with E-state index >= 15 is 0 Å². The lowest BCUT2D eigenvalue weighted by atomic mass is 9.79. The first kappa shape index (κ1) is 22.4. The third-order valence-electron chi connectivity index (χ3n) is 4.99. The van der Waals surface area contributed by atoms with Gasteiger partial charge < -0.3 is 10.1 Å². The molecule has 31 heavy (non-hydrogen) atoms. The second-order valence-electron chi connectivity index (χ2n) is 8.72. The molecule has 0 saturated carbocycles. The number of hydrogen-bond acceptors (Lipinski definition) is 4. The van der Waals surface area contributed by atoms with E-state index in [0.29, 0.717) is 34.3 Å². The molecule has 0 aromatic heterocycles. The number of hydrogen-bond donors (Lipinski definition) is 1. The van der Waals surface area contributed by atoms with Crippen LogP contribution in [0.2, 0.25) is 0 Å². The molecule has 2 aromatic rings. The number of amides is 1. The number of carbonyl (C=O) groups is 3. The maximum atomic E-state index is 13.5. The highest BCUT2D eigenvalue weighted by molar-refractivity contribution is 6.14. The Morgan fingerprint density at radius 2 is 1.74 bits per heavy atom. The molecular formula is C25H26FNO4. The lowest BCUT2D eigenvalue weighted by Gasteiger charge is -2.23. The summed E-state index contributed by atoms with van der Waals surface area (Å²) in [5.74, 6) is -0.573. The van der Waals surface area contributed by atoms with Crippen molar-refractivity contribution in [3.63, 3.8) is 0 Å². The summed E-state index contributed by atoms with van der Waals surface area (Å²) in [6, 6.07) is 13.3. The van der Waals surface area contributed by atoms with Crippen molar-refractivity contribution in [2.45, 2.75) is 39.2 Å². The molecule has 0 bridgehead atoms. The number of rotatable bonds is 6. The Hall–Kier alpha value is -3.28. The molecule has 0 spiro atoms. The SMILES string of the molecule is CC(C)(C)NC(=O)c1ccc(OC/C(=C/F)CC2CC(=O)c3ccccc3C2=O)cc1. The molecule has 0 fully saturated rings. The second kappa shape index (κ2) is 9.25. The van der Waals surface area contributed by atoms with Crippen LogP contribution in [-0.4, -0.2) is 29.6 Å². The van der Waals surface area contributed by atoms with Gasteiger partial charge in [0.2, 0.25) is 0 Å². The molecule has 1 unspecified atom stereocenters. The van der Waals surface area contributed by atoms with Crippen molar-refractivity contribution in [2.24, 2.45) is 5.92 Å². The van der Waals surface area contributed by atoms with Crippen molar-refractivity contribution in [3.8, 4) is 5.75 Å². The van der Waals surface area contributed by atoms with E-state index in [1.807, 2.05) is 20.8 Å². The average molecular weight is 423 g/mol. The van der Waals surface area contributed by atoms with E-state index in [9.17, 15) is 18.8 Å². The molecule has 0 saturated heterocycles. The highest BCUT2D eigenvalue weighted by atomic mass is 19.1. The zero-order valence-corrected chi connectivity index (χ0v) is 17.9. The number of ether oxygens (including phenoxy) is 1.